The van der Waals surface area contributed by atoms with Crippen LogP contribution in [0.4, 0.5) is 33.3 Å². The Morgan fingerprint density at radius 2 is 1.27 bits per heavy atom. The summed E-state index contributed by atoms with van der Waals surface area (Å²) in [6, 6.07) is 40.0. The van der Waals surface area contributed by atoms with E-state index >= 15 is 0 Å². The second kappa shape index (κ2) is 16.1. The first-order valence-electron chi connectivity index (χ1n) is 18.7. The molecule has 0 bridgehead atoms. The minimum absolute atomic E-state index is 0.0809. The molecule has 16 heteroatoms. The third-order valence-corrected chi connectivity index (χ3v) is 11.2. The van der Waals surface area contributed by atoms with Crippen molar-refractivity contribution in [2.75, 3.05) is 28.6 Å². The van der Waals surface area contributed by atoms with Crippen LogP contribution in [0.1, 0.15) is 5.69 Å². The number of nitrogens with zero attached hydrogens (tertiary/aromatic N) is 10. The number of para-hydroxylation sites is 2. The van der Waals surface area contributed by atoms with Gasteiger partial charge >= 0.3 is 11.7 Å². The summed E-state index contributed by atoms with van der Waals surface area (Å²) >= 11 is 3.18. The van der Waals surface area contributed by atoms with E-state index in [1.54, 1.807) is 53.5 Å². The molecule has 0 saturated carbocycles. The van der Waals surface area contributed by atoms with Crippen molar-refractivity contribution in [3.63, 3.8) is 0 Å². The summed E-state index contributed by atoms with van der Waals surface area (Å²) in [5.74, 6) is 2.47. The molecule has 6 heterocycles. The lowest BCUT2D eigenvalue weighted by molar-refractivity contribution is 0.442. The van der Waals surface area contributed by atoms with E-state index in [1.165, 1.54) is 0 Å². The van der Waals surface area contributed by atoms with Gasteiger partial charge in [-0.25, -0.2) is 29.9 Å². The lowest BCUT2D eigenvalue weighted by Crippen LogP contribution is -2.46. The maximum Gasteiger partial charge on any atom is 0.448 e. The van der Waals surface area contributed by atoms with Crippen molar-refractivity contribution in [3.8, 4) is 46.7 Å². The molecular weight excluding hydrogens is 793 g/mol. The number of benzene rings is 4. The first-order chi connectivity index (χ1) is 29.6. The summed E-state index contributed by atoms with van der Waals surface area (Å²) in [5.41, 5.74) is 5.34. The largest absolute Gasteiger partial charge is 0.448 e. The molecule has 0 unspecified atom stereocenters. The van der Waals surface area contributed by atoms with Gasteiger partial charge in [-0.15, -0.1) is 4.85 Å². The number of pyridine rings is 1. The number of nitriles is 1. The van der Waals surface area contributed by atoms with Crippen molar-refractivity contribution in [1.82, 2.24) is 34.9 Å². The van der Waals surface area contributed by atoms with E-state index in [0.717, 1.165) is 42.1 Å². The fraction of sp³-hybridized carbons (Fsp3) is 0.0682. The SMILES string of the molecule is N#CC1CN(c2ncc([N+]#Cc3ccc(-c4nccnc4Oc4ccc(Nc5nc6ccccc6s5)cc4)cn3)nc2Oc2ccc(Nc3nc4ccccc4s3)cc2)C1. The van der Waals surface area contributed by atoms with Crippen molar-refractivity contribution >= 4 is 76.4 Å². The van der Waals surface area contributed by atoms with Crippen LogP contribution in [0, 0.1) is 23.3 Å². The van der Waals surface area contributed by atoms with E-state index in [0.29, 0.717) is 53.2 Å². The summed E-state index contributed by atoms with van der Waals surface area (Å²) in [5, 5.41) is 17.7. The van der Waals surface area contributed by atoms with Gasteiger partial charge in [-0.05, 0) is 84.9 Å². The molecule has 1 fully saturated rings. The summed E-state index contributed by atoms with van der Waals surface area (Å²) in [4.78, 5) is 38.5. The van der Waals surface area contributed by atoms with Crippen molar-refractivity contribution in [2.24, 2.45) is 5.92 Å². The highest BCUT2D eigenvalue weighted by Gasteiger charge is 2.33. The quantitative estimate of drug-likeness (QED) is 0.134. The Labute approximate surface area is 350 Å². The van der Waals surface area contributed by atoms with Crippen LogP contribution < -0.4 is 25.0 Å². The molecular formula is C44H29N12O2S2+. The van der Waals surface area contributed by atoms with Crippen molar-refractivity contribution < 1.29 is 9.47 Å². The highest BCUT2D eigenvalue weighted by atomic mass is 32.1. The molecule has 0 radical (unpaired) electrons. The van der Waals surface area contributed by atoms with Gasteiger partial charge in [0, 0.05) is 53.6 Å². The Balaban J connectivity index is 0.824. The molecule has 0 amide bonds. The summed E-state index contributed by atoms with van der Waals surface area (Å²) in [6.45, 7) is 1.07. The van der Waals surface area contributed by atoms with Crippen LogP contribution in [-0.2, 0) is 0 Å². The molecule has 2 N–H and O–H groups in total. The average Bonchev–Trinajstić information content (AvgIpc) is 3.88. The Hall–Kier alpha value is -8.05. The molecule has 288 valence electrons. The smallest absolute Gasteiger partial charge is 0.437 e. The zero-order valence-electron chi connectivity index (χ0n) is 31.3. The third-order valence-electron chi connectivity index (χ3n) is 9.29. The van der Waals surface area contributed by atoms with E-state index in [2.05, 4.69) is 68.6 Å². The molecule has 1 aliphatic heterocycles. The lowest BCUT2D eigenvalue weighted by atomic mass is 10.0. The van der Waals surface area contributed by atoms with Gasteiger partial charge in [0.15, 0.2) is 16.0 Å². The predicted molar refractivity (Wildman–Crippen MR) is 233 cm³/mol. The summed E-state index contributed by atoms with van der Waals surface area (Å²) in [7, 11) is 0. The molecule has 0 atom stereocenters. The summed E-state index contributed by atoms with van der Waals surface area (Å²) < 4.78 is 14.7. The third kappa shape index (κ3) is 7.92. The molecule has 60 heavy (non-hydrogen) atoms. The van der Waals surface area contributed by atoms with Crippen molar-refractivity contribution in [1.29, 1.82) is 5.26 Å². The minimum Gasteiger partial charge on any atom is -0.437 e. The van der Waals surface area contributed by atoms with Crippen LogP contribution in [0.25, 0.3) is 36.5 Å². The van der Waals surface area contributed by atoms with Gasteiger partial charge in [0.05, 0.1) is 32.4 Å². The first-order valence-corrected chi connectivity index (χ1v) is 20.3. The maximum atomic E-state index is 9.37. The number of nitrogens with one attached hydrogen (secondary N) is 2. The van der Waals surface area contributed by atoms with Gasteiger partial charge in [-0.1, -0.05) is 46.9 Å². The van der Waals surface area contributed by atoms with Gasteiger partial charge in [-0.2, -0.15) is 5.26 Å². The predicted octanol–water partition coefficient (Wildman–Crippen LogP) is 10.6. The standard InChI is InChI=1S/C44H29N12O2S2/c45-21-27-25-56(26-27)40-42(58-33-17-13-30(14-18-33)52-44-54-35-6-2-4-8-37(35)60-44)55-38(24-50-40)49-23-31-10-9-28(22-48-31)39-41(47-20-19-46-39)57-32-15-11-29(12-16-32)51-43-53-34-5-1-3-7-36(34)59-43/h1-20,22,24,27H,25-26H2,(H,51,53)(H,52,54)/q+1. The number of thiazole rings is 2. The van der Waals surface area contributed by atoms with E-state index in [9.17, 15) is 5.26 Å². The summed E-state index contributed by atoms with van der Waals surface area (Å²) in [6.07, 6.45) is 6.39. The molecule has 1 aliphatic rings. The molecule has 1 saturated heterocycles. The topological polar surface area (TPSA) is 164 Å². The average molecular weight is 822 g/mol. The van der Waals surface area contributed by atoms with Gasteiger partial charge in [0.25, 0.3) is 0 Å². The normalized spacial score (nSPS) is 12.3. The number of hydrogen-bond donors (Lipinski definition) is 2. The van der Waals surface area contributed by atoms with E-state index in [1.807, 2.05) is 102 Å². The molecule has 9 aromatic rings. The van der Waals surface area contributed by atoms with E-state index in [4.69, 9.17) is 9.47 Å². The van der Waals surface area contributed by atoms with Gasteiger partial charge in [0.2, 0.25) is 17.8 Å². The van der Waals surface area contributed by atoms with Gasteiger partial charge < -0.3 is 25.0 Å². The fourth-order valence-corrected chi connectivity index (χ4v) is 8.05. The maximum absolute atomic E-state index is 9.37. The second-order valence-corrected chi connectivity index (χ2v) is 15.5. The second-order valence-electron chi connectivity index (χ2n) is 13.4. The Bertz CT molecular complexity index is 3030. The van der Waals surface area contributed by atoms with Crippen LogP contribution in [-0.4, -0.2) is 48.0 Å². The molecule has 4 aromatic carbocycles. The van der Waals surface area contributed by atoms with Gasteiger partial charge in [-0.3, -0.25) is 0 Å². The van der Waals surface area contributed by atoms with E-state index < -0.39 is 0 Å². The molecule has 14 nitrogen and oxygen atoms in total. The monoisotopic (exact) mass is 821 g/mol. The number of ether oxygens (including phenoxy) is 2. The lowest BCUT2D eigenvalue weighted by Gasteiger charge is -2.35. The molecule has 5 aromatic heterocycles. The zero-order chi connectivity index (χ0) is 40.3. The molecule has 10 rings (SSSR count). The number of rotatable bonds is 10. The van der Waals surface area contributed by atoms with Crippen LogP contribution in [0.3, 0.4) is 0 Å². The number of aromatic nitrogens is 7. The van der Waals surface area contributed by atoms with Crippen LogP contribution >= 0.6 is 22.7 Å². The zero-order valence-corrected chi connectivity index (χ0v) is 32.9. The molecule has 0 aliphatic carbocycles. The van der Waals surface area contributed by atoms with Crippen LogP contribution in [0.2, 0.25) is 0 Å². The Morgan fingerprint density at radius 1 is 0.650 bits per heavy atom. The number of anilines is 5. The fourth-order valence-electron chi connectivity index (χ4n) is 6.28. The Morgan fingerprint density at radius 3 is 1.87 bits per heavy atom. The Kier molecular flexibility index (Phi) is 9.72. The van der Waals surface area contributed by atoms with Gasteiger partial charge in [0.1, 0.15) is 23.4 Å². The van der Waals surface area contributed by atoms with Crippen molar-refractivity contribution in [2.45, 2.75) is 0 Å². The van der Waals surface area contributed by atoms with Crippen LogP contribution in [0.15, 0.2) is 134 Å². The number of fused-ring (bicyclic) bond motifs is 2. The number of hydrogen-bond acceptors (Lipinski definition) is 15. The minimum atomic E-state index is -0.0809. The highest BCUT2D eigenvalue weighted by Crippen LogP contribution is 2.36. The van der Waals surface area contributed by atoms with Crippen LogP contribution in [0.5, 0.6) is 23.3 Å². The first kappa shape index (κ1) is 36.3. The van der Waals surface area contributed by atoms with Crippen molar-refractivity contribution in [3.05, 3.63) is 145 Å². The molecule has 0 spiro atoms. The van der Waals surface area contributed by atoms with E-state index in [-0.39, 0.29) is 17.6 Å². The highest BCUT2D eigenvalue weighted by molar-refractivity contribution is 7.22.